The fourth-order valence-corrected chi connectivity index (χ4v) is 1.91. The molecule has 1 aromatic carbocycles. The molecule has 0 bridgehead atoms. The van der Waals surface area contributed by atoms with Gasteiger partial charge in [0.25, 0.3) is 0 Å². The van der Waals surface area contributed by atoms with E-state index >= 15 is 0 Å². The van der Waals surface area contributed by atoms with E-state index in [0.717, 1.165) is 0 Å². The molecule has 0 aliphatic heterocycles. The summed E-state index contributed by atoms with van der Waals surface area (Å²) in [5, 5.41) is 0. The van der Waals surface area contributed by atoms with Crippen LogP contribution < -0.4 is 0 Å². The molecule has 0 N–H and O–H groups in total. The van der Waals surface area contributed by atoms with Crippen molar-refractivity contribution in [2.24, 2.45) is 0 Å². The highest BCUT2D eigenvalue weighted by molar-refractivity contribution is 5.29. The van der Waals surface area contributed by atoms with Crippen LogP contribution in [-0.4, -0.2) is 0 Å². The molecule has 0 unspecified atom stereocenters. The smallest absolute Gasteiger partial charge is 0.0279 e. The molecule has 1 rings (SSSR count). The van der Waals surface area contributed by atoms with Crippen LogP contribution in [-0.2, 0) is 12.8 Å². The standard InChI is InChI=1S/C14H22/c1-4-6-8-14-10-12(3)9-13(11-14)7-5-2/h9-11H,4-8H2,1-3H3. The first kappa shape index (κ1) is 11.3. The van der Waals surface area contributed by atoms with E-state index in [-0.39, 0.29) is 0 Å². The van der Waals surface area contributed by atoms with E-state index in [1.165, 1.54) is 48.8 Å². The Morgan fingerprint density at radius 1 is 0.857 bits per heavy atom. The summed E-state index contributed by atoms with van der Waals surface area (Å²) in [5.41, 5.74) is 4.45. The van der Waals surface area contributed by atoms with Gasteiger partial charge in [-0.25, -0.2) is 0 Å². The summed E-state index contributed by atoms with van der Waals surface area (Å²) in [4.78, 5) is 0. The van der Waals surface area contributed by atoms with Gasteiger partial charge in [0.2, 0.25) is 0 Å². The first-order chi connectivity index (χ1) is 6.76. The highest BCUT2D eigenvalue weighted by Gasteiger charge is 1.97. The molecule has 78 valence electrons. The van der Waals surface area contributed by atoms with Crippen molar-refractivity contribution < 1.29 is 0 Å². The molecule has 0 nitrogen and oxygen atoms in total. The maximum atomic E-state index is 2.38. The van der Waals surface area contributed by atoms with Gasteiger partial charge >= 0.3 is 0 Å². The first-order valence-electron chi connectivity index (χ1n) is 5.85. The summed E-state index contributed by atoms with van der Waals surface area (Å²) in [6.07, 6.45) is 6.32. The Balaban J connectivity index is 2.73. The van der Waals surface area contributed by atoms with E-state index in [1.807, 2.05) is 0 Å². The fraction of sp³-hybridized carbons (Fsp3) is 0.571. The zero-order valence-corrected chi connectivity index (χ0v) is 9.77. The van der Waals surface area contributed by atoms with Crippen LogP contribution in [0.3, 0.4) is 0 Å². The van der Waals surface area contributed by atoms with Gasteiger partial charge in [0.05, 0.1) is 0 Å². The number of benzene rings is 1. The first-order valence-corrected chi connectivity index (χ1v) is 5.85. The summed E-state index contributed by atoms with van der Waals surface area (Å²) >= 11 is 0. The van der Waals surface area contributed by atoms with Crippen LogP contribution >= 0.6 is 0 Å². The van der Waals surface area contributed by atoms with Crippen LogP contribution in [0.15, 0.2) is 18.2 Å². The maximum absolute atomic E-state index is 2.38. The minimum Gasteiger partial charge on any atom is -0.0654 e. The van der Waals surface area contributed by atoms with Crippen molar-refractivity contribution in [3.8, 4) is 0 Å². The van der Waals surface area contributed by atoms with Gasteiger partial charge in [0.15, 0.2) is 0 Å². The Morgan fingerprint density at radius 3 is 2.07 bits per heavy atom. The molecule has 0 fully saturated rings. The number of aryl methyl sites for hydroxylation is 3. The third-order valence-electron chi connectivity index (χ3n) is 2.55. The minimum atomic E-state index is 1.22. The quantitative estimate of drug-likeness (QED) is 0.649. The normalized spacial score (nSPS) is 10.5. The van der Waals surface area contributed by atoms with E-state index in [4.69, 9.17) is 0 Å². The SMILES string of the molecule is CCCCc1cc(C)cc(CCC)c1. The monoisotopic (exact) mass is 190 g/mol. The molecular formula is C14H22. The minimum absolute atomic E-state index is 1.22. The zero-order chi connectivity index (χ0) is 10.4. The van der Waals surface area contributed by atoms with E-state index in [1.54, 1.807) is 0 Å². The summed E-state index contributed by atoms with van der Waals surface area (Å²) < 4.78 is 0. The van der Waals surface area contributed by atoms with E-state index in [9.17, 15) is 0 Å². The fourth-order valence-electron chi connectivity index (χ4n) is 1.91. The van der Waals surface area contributed by atoms with Crippen molar-refractivity contribution in [3.05, 3.63) is 34.9 Å². The molecule has 1 aromatic rings. The molecule has 14 heavy (non-hydrogen) atoms. The van der Waals surface area contributed by atoms with Crippen molar-refractivity contribution in [1.29, 1.82) is 0 Å². The van der Waals surface area contributed by atoms with Crippen LogP contribution in [0, 0.1) is 6.92 Å². The van der Waals surface area contributed by atoms with E-state index < -0.39 is 0 Å². The third-order valence-corrected chi connectivity index (χ3v) is 2.55. The second kappa shape index (κ2) is 5.85. The molecule has 0 heteroatoms. The highest BCUT2D eigenvalue weighted by Crippen LogP contribution is 2.13. The highest BCUT2D eigenvalue weighted by atomic mass is 14.0. The van der Waals surface area contributed by atoms with E-state index in [0.29, 0.717) is 0 Å². The lowest BCUT2D eigenvalue weighted by Gasteiger charge is -2.06. The lowest BCUT2D eigenvalue weighted by molar-refractivity contribution is 0.792. The molecule has 0 spiro atoms. The van der Waals surface area contributed by atoms with Gasteiger partial charge < -0.3 is 0 Å². The Labute approximate surface area is 88.4 Å². The Morgan fingerprint density at radius 2 is 1.50 bits per heavy atom. The van der Waals surface area contributed by atoms with Crippen molar-refractivity contribution in [2.45, 2.75) is 52.9 Å². The van der Waals surface area contributed by atoms with Crippen LogP contribution in [0.4, 0.5) is 0 Å². The number of unbranched alkanes of at least 4 members (excludes halogenated alkanes) is 1. The van der Waals surface area contributed by atoms with Gasteiger partial charge in [-0.3, -0.25) is 0 Å². The topological polar surface area (TPSA) is 0 Å². The van der Waals surface area contributed by atoms with Crippen molar-refractivity contribution in [1.82, 2.24) is 0 Å². The largest absolute Gasteiger partial charge is 0.0654 e. The molecule has 0 aliphatic rings. The van der Waals surface area contributed by atoms with Crippen LogP contribution in [0.5, 0.6) is 0 Å². The van der Waals surface area contributed by atoms with Crippen LogP contribution in [0.1, 0.15) is 49.8 Å². The van der Waals surface area contributed by atoms with Crippen molar-refractivity contribution >= 4 is 0 Å². The molecule has 0 aromatic heterocycles. The molecule has 0 aliphatic carbocycles. The van der Waals surface area contributed by atoms with Gasteiger partial charge in [-0.15, -0.1) is 0 Å². The van der Waals surface area contributed by atoms with Crippen molar-refractivity contribution in [2.75, 3.05) is 0 Å². The van der Waals surface area contributed by atoms with Gasteiger partial charge in [-0.1, -0.05) is 50.5 Å². The number of hydrogen-bond acceptors (Lipinski definition) is 0. The predicted octanol–water partition coefficient (Wildman–Crippen LogP) is 4.29. The molecule has 0 amide bonds. The second-order valence-electron chi connectivity index (χ2n) is 4.18. The van der Waals surface area contributed by atoms with Gasteiger partial charge in [0.1, 0.15) is 0 Å². The van der Waals surface area contributed by atoms with Gasteiger partial charge in [-0.05, 0) is 37.3 Å². The second-order valence-corrected chi connectivity index (χ2v) is 4.18. The maximum Gasteiger partial charge on any atom is -0.0279 e. The molecule has 0 saturated carbocycles. The Kier molecular flexibility index (Phi) is 4.72. The van der Waals surface area contributed by atoms with Gasteiger partial charge in [0, 0.05) is 0 Å². The zero-order valence-electron chi connectivity index (χ0n) is 9.77. The van der Waals surface area contributed by atoms with Crippen LogP contribution in [0.25, 0.3) is 0 Å². The lowest BCUT2D eigenvalue weighted by atomic mass is 10.00. The molecule has 0 atom stereocenters. The third kappa shape index (κ3) is 3.53. The molecular weight excluding hydrogens is 168 g/mol. The number of rotatable bonds is 5. The predicted molar refractivity (Wildman–Crippen MR) is 63.8 cm³/mol. The summed E-state index contributed by atoms with van der Waals surface area (Å²) in [6.45, 7) is 6.70. The summed E-state index contributed by atoms with van der Waals surface area (Å²) in [7, 11) is 0. The number of hydrogen-bond donors (Lipinski definition) is 0. The molecule has 0 heterocycles. The Hall–Kier alpha value is -0.780. The van der Waals surface area contributed by atoms with Gasteiger partial charge in [-0.2, -0.15) is 0 Å². The summed E-state index contributed by atoms with van der Waals surface area (Å²) in [6, 6.07) is 7.03. The van der Waals surface area contributed by atoms with Crippen molar-refractivity contribution in [3.63, 3.8) is 0 Å². The average molecular weight is 190 g/mol. The van der Waals surface area contributed by atoms with E-state index in [2.05, 4.69) is 39.0 Å². The summed E-state index contributed by atoms with van der Waals surface area (Å²) in [5.74, 6) is 0. The lowest BCUT2D eigenvalue weighted by Crippen LogP contribution is -1.91. The Bertz CT molecular complexity index is 273. The molecule has 0 radical (unpaired) electrons. The molecule has 0 saturated heterocycles. The van der Waals surface area contributed by atoms with Crippen LogP contribution in [0.2, 0.25) is 0 Å². The average Bonchev–Trinajstić information content (AvgIpc) is 2.14.